The number of nitrogens with two attached hydrogens (primary N) is 1. The van der Waals surface area contributed by atoms with Crippen molar-refractivity contribution >= 4 is 33.8 Å². The Labute approximate surface area is 111 Å². The minimum atomic E-state index is -0.556. The molecule has 96 valence electrons. The molecular formula is C9H10BrN5O3. The van der Waals surface area contributed by atoms with Gasteiger partial charge < -0.3 is 10.5 Å². The first kappa shape index (κ1) is 13.9. The van der Waals surface area contributed by atoms with E-state index in [0.29, 0.717) is 10.0 Å². The molecule has 0 radical (unpaired) electrons. The van der Waals surface area contributed by atoms with E-state index in [1.54, 1.807) is 6.07 Å². The average Bonchev–Trinajstić information content (AvgIpc) is 2.27. The highest BCUT2D eigenvalue weighted by Gasteiger charge is 2.19. The lowest BCUT2D eigenvalue weighted by Crippen LogP contribution is -2.25. The number of hydrazone groups is 1. The number of nitrogens with zero attached hydrogens (tertiary/aromatic N) is 2. The Balaban J connectivity index is 3.21. The number of benzene rings is 1. The molecule has 1 rings (SSSR count). The van der Waals surface area contributed by atoms with Gasteiger partial charge in [-0.15, -0.1) is 0 Å². The number of hydrogen-bond donors (Lipinski definition) is 3. The van der Waals surface area contributed by atoms with Gasteiger partial charge in [0.2, 0.25) is 11.7 Å². The van der Waals surface area contributed by atoms with Gasteiger partial charge in [-0.2, -0.15) is 5.10 Å². The molecule has 0 saturated heterocycles. The van der Waals surface area contributed by atoms with Crippen molar-refractivity contribution in [1.82, 2.24) is 5.43 Å². The topological polar surface area (TPSA) is 127 Å². The van der Waals surface area contributed by atoms with Crippen LogP contribution >= 0.6 is 15.9 Å². The predicted molar refractivity (Wildman–Crippen MR) is 70.0 cm³/mol. The Morgan fingerprint density at radius 1 is 1.72 bits per heavy atom. The monoisotopic (exact) mass is 315 g/mol. The van der Waals surface area contributed by atoms with E-state index < -0.39 is 4.92 Å². The van der Waals surface area contributed by atoms with Crippen LogP contribution < -0.4 is 15.9 Å². The Bertz CT molecular complexity index is 517. The first-order chi connectivity index (χ1) is 8.45. The highest BCUT2D eigenvalue weighted by atomic mass is 79.9. The third-order valence-electron chi connectivity index (χ3n) is 1.85. The van der Waals surface area contributed by atoms with Crippen LogP contribution in [0.1, 0.15) is 5.56 Å². The molecule has 1 aromatic carbocycles. The van der Waals surface area contributed by atoms with E-state index in [-0.39, 0.29) is 17.4 Å². The quantitative estimate of drug-likeness (QED) is 0.333. The third kappa shape index (κ3) is 3.42. The van der Waals surface area contributed by atoms with Gasteiger partial charge >= 0.3 is 5.69 Å². The van der Waals surface area contributed by atoms with Gasteiger partial charge in [0.25, 0.3) is 0 Å². The van der Waals surface area contributed by atoms with Gasteiger partial charge in [-0.1, -0.05) is 15.9 Å². The largest absolute Gasteiger partial charge is 0.490 e. The van der Waals surface area contributed by atoms with Crippen molar-refractivity contribution in [2.45, 2.75) is 0 Å². The summed E-state index contributed by atoms with van der Waals surface area (Å²) in [5.41, 5.74) is 7.45. The summed E-state index contributed by atoms with van der Waals surface area (Å²) < 4.78 is 5.50. The number of nitro groups is 1. The molecule has 18 heavy (non-hydrogen) atoms. The standard InChI is InChI=1S/C9H10BrN5O3/c1-18-8-5(4-13-14-9(11)12)2-6(10)3-7(8)15(16)17/h2-4H,1H3,(H4,11,12,14)/b13-4+. The van der Waals surface area contributed by atoms with Crippen LogP contribution in [-0.4, -0.2) is 24.2 Å². The summed E-state index contributed by atoms with van der Waals surface area (Å²) >= 11 is 3.16. The molecule has 9 heteroatoms. The molecule has 0 saturated carbocycles. The van der Waals surface area contributed by atoms with Crippen molar-refractivity contribution < 1.29 is 9.66 Å². The maximum absolute atomic E-state index is 10.9. The molecule has 0 amide bonds. The lowest BCUT2D eigenvalue weighted by atomic mass is 10.2. The molecule has 0 aliphatic rings. The number of halogens is 1. The van der Waals surface area contributed by atoms with Gasteiger partial charge in [-0.25, -0.2) is 5.43 Å². The Kier molecular flexibility index (Phi) is 4.60. The molecule has 0 spiro atoms. The van der Waals surface area contributed by atoms with Crippen molar-refractivity contribution in [3.05, 3.63) is 32.3 Å². The van der Waals surface area contributed by atoms with Crippen molar-refractivity contribution in [3.8, 4) is 5.75 Å². The van der Waals surface area contributed by atoms with E-state index in [2.05, 4.69) is 26.5 Å². The highest BCUT2D eigenvalue weighted by molar-refractivity contribution is 9.10. The summed E-state index contributed by atoms with van der Waals surface area (Å²) in [4.78, 5) is 10.3. The summed E-state index contributed by atoms with van der Waals surface area (Å²) in [6.07, 6.45) is 1.28. The minimum Gasteiger partial charge on any atom is -0.490 e. The number of hydrogen-bond acceptors (Lipinski definition) is 5. The zero-order valence-electron chi connectivity index (χ0n) is 9.31. The molecule has 0 atom stereocenters. The summed E-state index contributed by atoms with van der Waals surface area (Å²) in [5.74, 6) is -0.257. The number of rotatable bonds is 4. The van der Waals surface area contributed by atoms with E-state index >= 15 is 0 Å². The molecule has 0 aromatic heterocycles. The first-order valence-corrected chi connectivity index (χ1v) is 5.40. The van der Waals surface area contributed by atoms with Gasteiger partial charge in [0.15, 0.2) is 0 Å². The van der Waals surface area contributed by atoms with Crippen molar-refractivity contribution in [2.75, 3.05) is 7.11 Å². The molecule has 0 unspecified atom stereocenters. The maximum Gasteiger partial charge on any atom is 0.312 e. The Hall–Kier alpha value is -2.16. The molecule has 1 aromatic rings. The van der Waals surface area contributed by atoms with Crippen LogP contribution in [0.25, 0.3) is 0 Å². The van der Waals surface area contributed by atoms with Gasteiger partial charge in [0, 0.05) is 16.1 Å². The van der Waals surface area contributed by atoms with E-state index in [9.17, 15) is 10.1 Å². The molecule has 0 aliphatic heterocycles. The Morgan fingerprint density at radius 3 is 2.89 bits per heavy atom. The second-order valence-electron chi connectivity index (χ2n) is 3.09. The van der Waals surface area contributed by atoms with Crippen molar-refractivity contribution in [2.24, 2.45) is 10.8 Å². The van der Waals surface area contributed by atoms with Crippen LogP contribution in [0.3, 0.4) is 0 Å². The van der Waals surface area contributed by atoms with E-state index in [1.165, 1.54) is 19.4 Å². The fraction of sp³-hybridized carbons (Fsp3) is 0.111. The third-order valence-corrected chi connectivity index (χ3v) is 2.31. The van der Waals surface area contributed by atoms with Gasteiger partial charge in [-0.3, -0.25) is 15.5 Å². The van der Waals surface area contributed by atoms with Crippen molar-refractivity contribution in [1.29, 1.82) is 5.41 Å². The van der Waals surface area contributed by atoms with E-state index in [0.717, 1.165) is 0 Å². The second-order valence-corrected chi connectivity index (χ2v) is 4.00. The van der Waals surface area contributed by atoms with Crippen LogP contribution in [-0.2, 0) is 0 Å². The maximum atomic E-state index is 10.9. The number of methoxy groups -OCH3 is 1. The summed E-state index contributed by atoms with van der Waals surface area (Å²) in [7, 11) is 1.33. The number of guanidine groups is 1. The van der Waals surface area contributed by atoms with Crippen LogP contribution in [0, 0.1) is 15.5 Å². The smallest absolute Gasteiger partial charge is 0.312 e. The number of nitrogens with one attached hydrogen (secondary N) is 2. The molecule has 0 bridgehead atoms. The van der Waals surface area contributed by atoms with E-state index in [1.807, 2.05) is 0 Å². The molecule has 0 fully saturated rings. The first-order valence-electron chi connectivity index (χ1n) is 4.60. The zero-order chi connectivity index (χ0) is 13.7. The molecular weight excluding hydrogens is 306 g/mol. The van der Waals surface area contributed by atoms with Crippen LogP contribution in [0.2, 0.25) is 0 Å². The summed E-state index contributed by atoms with van der Waals surface area (Å²) in [6, 6.07) is 2.92. The molecule has 4 N–H and O–H groups in total. The number of nitro benzene ring substituents is 1. The summed E-state index contributed by atoms with van der Waals surface area (Å²) in [5, 5.41) is 21.4. The van der Waals surface area contributed by atoms with Gasteiger partial charge in [0.1, 0.15) is 0 Å². The fourth-order valence-corrected chi connectivity index (χ4v) is 1.69. The van der Waals surface area contributed by atoms with Gasteiger partial charge in [0.05, 0.1) is 18.2 Å². The lowest BCUT2D eigenvalue weighted by molar-refractivity contribution is -0.385. The summed E-state index contributed by atoms with van der Waals surface area (Å²) in [6.45, 7) is 0. The fourth-order valence-electron chi connectivity index (χ4n) is 1.23. The highest BCUT2D eigenvalue weighted by Crippen LogP contribution is 2.33. The molecule has 8 nitrogen and oxygen atoms in total. The predicted octanol–water partition coefficient (Wildman–Crippen LogP) is 1.18. The SMILES string of the molecule is COc1c(/C=N/NC(=N)N)cc(Br)cc1[N+](=O)[O-]. The van der Waals surface area contributed by atoms with Crippen LogP contribution in [0.4, 0.5) is 5.69 Å². The average molecular weight is 316 g/mol. The minimum absolute atomic E-state index is 0.0808. The van der Waals surface area contributed by atoms with Gasteiger partial charge in [-0.05, 0) is 6.07 Å². The lowest BCUT2D eigenvalue weighted by Gasteiger charge is -2.06. The van der Waals surface area contributed by atoms with Crippen LogP contribution in [0.15, 0.2) is 21.7 Å². The Morgan fingerprint density at radius 2 is 2.39 bits per heavy atom. The molecule has 0 aliphatic carbocycles. The molecule has 0 heterocycles. The van der Waals surface area contributed by atoms with Crippen molar-refractivity contribution in [3.63, 3.8) is 0 Å². The second kappa shape index (κ2) is 5.96. The zero-order valence-corrected chi connectivity index (χ0v) is 10.9. The van der Waals surface area contributed by atoms with E-state index in [4.69, 9.17) is 15.9 Å². The number of ether oxygens (including phenoxy) is 1. The van der Waals surface area contributed by atoms with Crippen LogP contribution in [0.5, 0.6) is 5.75 Å². The normalized spacial score (nSPS) is 10.3.